The molecule has 140 valence electrons. The molecule has 4 rings (SSSR count). The molecule has 3 aliphatic rings. The monoisotopic (exact) mass is 371 g/mol. The van der Waals surface area contributed by atoms with Gasteiger partial charge in [-0.15, -0.1) is 0 Å². The zero-order valence-corrected chi connectivity index (χ0v) is 14.9. The number of nitrogens with one attached hydrogen (secondary N) is 1. The second-order valence-corrected chi connectivity index (χ2v) is 6.20. The molecule has 1 spiro atoms. The van der Waals surface area contributed by atoms with Crippen LogP contribution < -0.4 is 5.32 Å². The van der Waals surface area contributed by atoms with Crippen LogP contribution in [0.25, 0.3) is 0 Å². The number of fused-ring (bicyclic) bond motifs is 3. The Morgan fingerprint density at radius 1 is 1.15 bits per heavy atom. The summed E-state index contributed by atoms with van der Waals surface area (Å²) in [5, 5.41) is 2.72. The van der Waals surface area contributed by atoms with Gasteiger partial charge >= 0.3 is 11.9 Å². The lowest BCUT2D eigenvalue weighted by Gasteiger charge is -2.43. The molecule has 9 nitrogen and oxygen atoms in total. The van der Waals surface area contributed by atoms with E-state index >= 15 is 0 Å². The lowest BCUT2D eigenvalue weighted by molar-refractivity contribution is -0.192. The smallest absolute Gasteiger partial charge is 0.355 e. The summed E-state index contributed by atoms with van der Waals surface area (Å²) in [6.45, 7) is 0. The van der Waals surface area contributed by atoms with Gasteiger partial charge in [-0.1, -0.05) is 18.2 Å². The van der Waals surface area contributed by atoms with Crippen molar-refractivity contribution in [1.82, 2.24) is 9.80 Å². The maximum absolute atomic E-state index is 13.1. The topological polar surface area (TPSA) is 97.4 Å². The van der Waals surface area contributed by atoms with Crippen LogP contribution in [0.15, 0.2) is 47.9 Å². The van der Waals surface area contributed by atoms with Crippen LogP contribution in [0, 0.1) is 0 Å². The highest BCUT2D eigenvalue weighted by Crippen LogP contribution is 2.50. The number of nitrogens with zero attached hydrogens (tertiary/aromatic N) is 2. The zero-order chi connectivity index (χ0) is 19.3. The Labute approximate surface area is 154 Å². The van der Waals surface area contributed by atoms with Crippen molar-refractivity contribution in [2.45, 2.75) is 12.0 Å². The maximum Gasteiger partial charge on any atom is 0.355 e. The second-order valence-electron chi connectivity index (χ2n) is 6.20. The van der Waals surface area contributed by atoms with E-state index in [9.17, 15) is 14.4 Å². The standard InChI is InChI=1S/C18H17N3O6/c1-20-8-9-21-13(15(23)26-3)12(14(22)25-2)18(27-17(20)21)10-6-4-5-7-11(10)19-16(18)24/h4-9,17H,1-3H3,(H,19,24)/t17-,18?/m0/s1. The fourth-order valence-electron chi connectivity index (χ4n) is 3.60. The number of para-hydroxylation sites is 1. The van der Waals surface area contributed by atoms with Crippen LogP contribution in [0.4, 0.5) is 5.69 Å². The number of amides is 1. The Morgan fingerprint density at radius 2 is 1.85 bits per heavy atom. The Balaban J connectivity index is 2.07. The minimum atomic E-state index is -1.84. The number of hydrogen-bond donors (Lipinski definition) is 1. The molecule has 0 aromatic heterocycles. The first kappa shape index (κ1) is 17.1. The van der Waals surface area contributed by atoms with Crippen molar-refractivity contribution >= 4 is 23.5 Å². The van der Waals surface area contributed by atoms with Crippen molar-refractivity contribution in [1.29, 1.82) is 0 Å². The molecule has 0 bridgehead atoms. The van der Waals surface area contributed by atoms with Crippen molar-refractivity contribution in [3.8, 4) is 0 Å². The number of ether oxygens (including phenoxy) is 3. The fraction of sp³-hybridized carbons (Fsp3) is 0.278. The molecule has 3 heterocycles. The molecule has 0 aliphatic carbocycles. The number of rotatable bonds is 2. The first-order valence-electron chi connectivity index (χ1n) is 8.14. The van der Waals surface area contributed by atoms with Crippen LogP contribution in [-0.4, -0.2) is 55.3 Å². The third kappa shape index (κ3) is 2.12. The van der Waals surface area contributed by atoms with E-state index in [1.165, 1.54) is 19.1 Å². The second kappa shape index (κ2) is 5.85. The fourth-order valence-corrected chi connectivity index (χ4v) is 3.60. The lowest BCUT2D eigenvalue weighted by Crippen LogP contribution is -2.56. The van der Waals surface area contributed by atoms with Crippen molar-refractivity contribution in [3.05, 3.63) is 53.5 Å². The highest BCUT2D eigenvalue weighted by Gasteiger charge is 2.62. The Hall–Kier alpha value is -3.33. The average Bonchev–Trinajstić information content (AvgIpc) is 3.18. The van der Waals surface area contributed by atoms with Crippen LogP contribution in [0.3, 0.4) is 0 Å². The van der Waals surface area contributed by atoms with Gasteiger partial charge in [0.15, 0.2) is 0 Å². The van der Waals surface area contributed by atoms with Crippen molar-refractivity contribution in [2.75, 3.05) is 26.6 Å². The SMILES string of the molecule is COC(=O)C1=C(C(=O)OC)C2(O[C@H]3N(C)C=CN13)C(=O)Nc1ccccc12. The van der Waals surface area contributed by atoms with Crippen molar-refractivity contribution in [3.63, 3.8) is 0 Å². The van der Waals surface area contributed by atoms with E-state index in [0.29, 0.717) is 11.3 Å². The molecular formula is C18H17N3O6. The predicted octanol–water partition coefficient (Wildman–Crippen LogP) is 0.466. The van der Waals surface area contributed by atoms with E-state index < -0.39 is 29.8 Å². The Morgan fingerprint density at radius 3 is 2.56 bits per heavy atom. The summed E-state index contributed by atoms with van der Waals surface area (Å²) in [5.41, 5.74) is -1.25. The number of anilines is 1. The molecule has 1 aromatic rings. The molecule has 27 heavy (non-hydrogen) atoms. The zero-order valence-electron chi connectivity index (χ0n) is 14.9. The average molecular weight is 371 g/mol. The molecule has 1 N–H and O–H groups in total. The van der Waals surface area contributed by atoms with E-state index in [1.807, 2.05) is 0 Å². The number of carbonyl (C=O) groups is 3. The van der Waals surface area contributed by atoms with Gasteiger partial charge in [0.1, 0.15) is 11.3 Å². The number of hydrogen-bond acceptors (Lipinski definition) is 8. The van der Waals surface area contributed by atoms with Gasteiger partial charge in [0.2, 0.25) is 12.0 Å². The summed E-state index contributed by atoms with van der Waals surface area (Å²) < 4.78 is 16.0. The van der Waals surface area contributed by atoms with Crippen molar-refractivity contribution < 1.29 is 28.6 Å². The summed E-state index contributed by atoms with van der Waals surface area (Å²) in [5.74, 6) is -2.21. The van der Waals surface area contributed by atoms with Gasteiger partial charge in [-0.3, -0.25) is 9.69 Å². The number of benzene rings is 1. The van der Waals surface area contributed by atoms with Crippen LogP contribution in [0.1, 0.15) is 5.56 Å². The molecule has 1 amide bonds. The summed E-state index contributed by atoms with van der Waals surface area (Å²) in [4.78, 5) is 41.6. The number of esters is 2. The molecule has 2 atom stereocenters. The van der Waals surface area contributed by atoms with E-state index in [-0.39, 0.29) is 11.3 Å². The first-order valence-corrected chi connectivity index (χ1v) is 8.14. The minimum absolute atomic E-state index is 0.104. The highest BCUT2D eigenvalue weighted by atomic mass is 16.6. The molecule has 1 aromatic carbocycles. The van der Waals surface area contributed by atoms with E-state index in [4.69, 9.17) is 14.2 Å². The first-order chi connectivity index (χ1) is 13.0. The Bertz CT molecular complexity index is 923. The van der Waals surface area contributed by atoms with Gasteiger partial charge < -0.3 is 24.4 Å². The summed E-state index contributed by atoms with van der Waals surface area (Å²) in [7, 11) is 4.11. The van der Waals surface area contributed by atoms with Crippen LogP contribution in [0.2, 0.25) is 0 Å². The molecule has 3 aliphatic heterocycles. The molecule has 0 radical (unpaired) electrons. The van der Waals surface area contributed by atoms with E-state index in [2.05, 4.69) is 5.32 Å². The van der Waals surface area contributed by atoms with Crippen LogP contribution in [-0.2, 0) is 34.2 Å². The third-order valence-corrected chi connectivity index (χ3v) is 4.82. The normalized spacial score (nSPS) is 25.4. The van der Waals surface area contributed by atoms with Gasteiger partial charge in [-0.2, -0.15) is 0 Å². The van der Waals surface area contributed by atoms with Gasteiger partial charge in [-0.05, 0) is 6.07 Å². The predicted molar refractivity (Wildman–Crippen MR) is 91.4 cm³/mol. The number of carbonyl (C=O) groups excluding carboxylic acids is 3. The summed E-state index contributed by atoms with van der Waals surface area (Å²) in [6.07, 6.45) is 2.43. The van der Waals surface area contributed by atoms with E-state index in [1.54, 1.807) is 48.6 Å². The molecular weight excluding hydrogens is 354 g/mol. The minimum Gasteiger partial charge on any atom is -0.465 e. The number of methoxy groups -OCH3 is 2. The highest BCUT2D eigenvalue weighted by molar-refractivity contribution is 6.15. The van der Waals surface area contributed by atoms with E-state index in [0.717, 1.165) is 0 Å². The van der Waals surface area contributed by atoms with Gasteiger partial charge in [0.25, 0.3) is 5.91 Å². The van der Waals surface area contributed by atoms with Crippen molar-refractivity contribution in [2.24, 2.45) is 0 Å². The molecule has 0 fully saturated rings. The quantitative estimate of drug-likeness (QED) is 0.750. The van der Waals surface area contributed by atoms with Gasteiger partial charge in [-0.25, -0.2) is 9.59 Å². The lowest BCUT2D eigenvalue weighted by atomic mass is 9.84. The molecule has 0 saturated carbocycles. The van der Waals surface area contributed by atoms with Gasteiger partial charge in [0.05, 0.1) is 14.2 Å². The summed E-state index contributed by atoms with van der Waals surface area (Å²) >= 11 is 0. The Kier molecular flexibility index (Phi) is 3.70. The third-order valence-electron chi connectivity index (χ3n) is 4.82. The largest absolute Gasteiger partial charge is 0.465 e. The molecule has 9 heteroatoms. The molecule has 1 unspecified atom stereocenters. The van der Waals surface area contributed by atoms with Gasteiger partial charge in [0, 0.05) is 30.7 Å². The molecule has 0 saturated heterocycles. The van der Waals surface area contributed by atoms with Crippen LogP contribution >= 0.6 is 0 Å². The summed E-state index contributed by atoms with van der Waals surface area (Å²) in [6, 6.07) is 6.84. The maximum atomic E-state index is 13.1. The van der Waals surface area contributed by atoms with Crippen LogP contribution in [0.5, 0.6) is 0 Å².